The Morgan fingerprint density at radius 3 is 2.77 bits per heavy atom. The first-order valence-corrected chi connectivity index (χ1v) is 11.8. The van der Waals surface area contributed by atoms with Crippen LogP contribution in [0.4, 0.5) is 5.69 Å². The van der Waals surface area contributed by atoms with Crippen molar-refractivity contribution in [2.75, 3.05) is 38.6 Å². The highest BCUT2D eigenvalue weighted by Gasteiger charge is 2.30. The van der Waals surface area contributed by atoms with E-state index in [1.807, 2.05) is 23.2 Å². The fraction of sp³-hybridized carbons (Fsp3) is 0.458. The standard InChI is InChI=1S/C24H30N8O3/c1-35-21-8-7-17(14-18(21)19-9-10-27-30-19)28-24(26-16-25)29-20-6-2-3-13-32(23(20)34)15-22(33)31-11-4-5-12-31/h7-10,14,20H,2-6,11-13,15H2,1H3,(H,27,30)(H2,26,28,29)/t20-/m0/s1. The predicted octanol–water partition coefficient (Wildman–Crippen LogP) is 1.93. The van der Waals surface area contributed by atoms with Gasteiger partial charge in [-0.05, 0) is 56.4 Å². The largest absolute Gasteiger partial charge is 0.496 e. The van der Waals surface area contributed by atoms with Crippen LogP contribution in [-0.2, 0) is 9.59 Å². The zero-order chi connectivity index (χ0) is 24.6. The number of nitrogens with zero attached hydrogens (tertiary/aromatic N) is 5. The molecule has 0 bridgehead atoms. The molecule has 2 saturated heterocycles. The van der Waals surface area contributed by atoms with E-state index in [2.05, 4.69) is 25.8 Å². The number of hydrogen-bond donors (Lipinski definition) is 3. The highest BCUT2D eigenvalue weighted by molar-refractivity contribution is 5.97. The maximum Gasteiger partial charge on any atom is 0.247 e. The van der Waals surface area contributed by atoms with Crippen LogP contribution in [0.3, 0.4) is 0 Å². The lowest BCUT2D eigenvalue weighted by atomic mass is 10.1. The van der Waals surface area contributed by atoms with Crippen LogP contribution in [0, 0.1) is 11.5 Å². The van der Waals surface area contributed by atoms with Gasteiger partial charge in [0.1, 0.15) is 11.8 Å². The SMILES string of the molecule is COc1ccc(NC(=N[C@H]2CCCCN(CC(=O)N3CCCC3)C2=O)NC#N)cc1-c1ccn[nH]1. The number of carbonyl (C=O) groups excluding carboxylic acids is 2. The Bertz CT molecular complexity index is 1100. The lowest BCUT2D eigenvalue weighted by Gasteiger charge is -2.25. The molecule has 3 heterocycles. The second-order valence-corrected chi connectivity index (χ2v) is 8.58. The molecule has 1 aromatic carbocycles. The minimum Gasteiger partial charge on any atom is -0.496 e. The van der Waals surface area contributed by atoms with Crippen LogP contribution >= 0.6 is 0 Å². The molecule has 4 rings (SSSR count). The number of ether oxygens (including phenoxy) is 1. The maximum atomic E-state index is 13.3. The molecule has 2 aliphatic heterocycles. The van der Waals surface area contributed by atoms with Gasteiger partial charge >= 0.3 is 0 Å². The van der Waals surface area contributed by atoms with Gasteiger partial charge in [-0.25, -0.2) is 4.99 Å². The van der Waals surface area contributed by atoms with E-state index in [0.717, 1.165) is 50.0 Å². The third kappa shape index (κ3) is 5.90. The summed E-state index contributed by atoms with van der Waals surface area (Å²) >= 11 is 0. The molecule has 11 nitrogen and oxygen atoms in total. The minimum absolute atomic E-state index is 0.0152. The summed E-state index contributed by atoms with van der Waals surface area (Å²) in [5.41, 5.74) is 2.21. The molecule has 3 N–H and O–H groups in total. The summed E-state index contributed by atoms with van der Waals surface area (Å²) in [4.78, 5) is 33.9. The normalized spacial score (nSPS) is 18.7. The Kier molecular flexibility index (Phi) is 7.82. The number of anilines is 1. The van der Waals surface area contributed by atoms with E-state index in [-0.39, 0.29) is 24.3 Å². The highest BCUT2D eigenvalue weighted by Crippen LogP contribution is 2.31. The number of nitriles is 1. The molecule has 0 aliphatic carbocycles. The van der Waals surface area contributed by atoms with Crippen molar-refractivity contribution in [3.63, 3.8) is 0 Å². The summed E-state index contributed by atoms with van der Waals surface area (Å²) in [5, 5.41) is 21.8. The van der Waals surface area contributed by atoms with E-state index in [9.17, 15) is 14.9 Å². The monoisotopic (exact) mass is 478 g/mol. The van der Waals surface area contributed by atoms with Crippen molar-refractivity contribution in [3.05, 3.63) is 30.5 Å². The average Bonchev–Trinajstić information content (AvgIpc) is 3.57. The summed E-state index contributed by atoms with van der Waals surface area (Å²) in [6, 6.07) is 6.58. The van der Waals surface area contributed by atoms with Crippen LogP contribution in [0.1, 0.15) is 32.1 Å². The molecule has 0 saturated carbocycles. The van der Waals surface area contributed by atoms with Crippen LogP contribution < -0.4 is 15.4 Å². The van der Waals surface area contributed by atoms with Crippen LogP contribution in [0.5, 0.6) is 5.75 Å². The zero-order valence-electron chi connectivity index (χ0n) is 19.8. The van der Waals surface area contributed by atoms with Crippen molar-refractivity contribution in [2.45, 2.75) is 38.1 Å². The van der Waals surface area contributed by atoms with E-state index in [4.69, 9.17) is 4.74 Å². The topological polar surface area (TPSA) is 139 Å². The number of aromatic nitrogens is 2. The molecule has 1 aromatic heterocycles. The fourth-order valence-electron chi connectivity index (χ4n) is 4.43. The first-order chi connectivity index (χ1) is 17.1. The van der Waals surface area contributed by atoms with Gasteiger partial charge in [-0.1, -0.05) is 0 Å². The average molecular weight is 479 g/mol. The molecule has 2 fully saturated rings. The number of hydrogen-bond acceptors (Lipinski definition) is 6. The molecular formula is C24H30N8O3. The Labute approximate surface area is 204 Å². The van der Waals surface area contributed by atoms with Crippen molar-refractivity contribution in [2.24, 2.45) is 4.99 Å². The molecule has 0 unspecified atom stereocenters. The van der Waals surface area contributed by atoms with Crippen molar-refractivity contribution in [3.8, 4) is 23.2 Å². The number of H-pyrrole nitrogens is 1. The summed E-state index contributed by atoms with van der Waals surface area (Å²) in [6.07, 6.45) is 7.72. The Morgan fingerprint density at radius 1 is 1.26 bits per heavy atom. The number of likely N-dealkylation sites (tertiary alicyclic amines) is 2. The van der Waals surface area contributed by atoms with Crippen molar-refractivity contribution < 1.29 is 14.3 Å². The molecule has 35 heavy (non-hydrogen) atoms. The van der Waals surface area contributed by atoms with E-state index >= 15 is 0 Å². The lowest BCUT2D eigenvalue weighted by molar-refractivity contribution is -0.140. The van der Waals surface area contributed by atoms with Crippen LogP contribution in [0.15, 0.2) is 35.5 Å². The van der Waals surface area contributed by atoms with Gasteiger partial charge in [-0.15, -0.1) is 0 Å². The van der Waals surface area contributed by atoms with Gasteiger partial charge in [0.25, 0.3) is 0 Å². The van der Waals surface area contributed by atoms with Gasteiger partial charge in [0, 0.05) is 37.1 Å². The highest BCUT2D eigenvalue weighted by atomic mass is 16.5. The van der Waals surface area contributed by atoms with Crippen LogP contribution in [0.25, 0.3) is 11.3 Å². The van der Waals surface area contributed by atoms with E-state index in [1.54, 1.807) is 30.3 Å². The smallest absolute Gasteiger partial charge is 0.247 e. The minimum atomic E-state index is -0.683. The van der Waals surface area contributed by atoms with Gasteiger partial charge in [0.05, 0.1) is 19.3 Å². The molecule has 0 radical (unpaired) electrons. The number of aliphatic imine (C=N–C) groups is 1. The first kappa shape index (κ1) is 24.1. The Balaban J connectivity index is 1.52. The number of methoxy groups -OCH3 is 1. The zero-order valence-corrected chi connectivity index (χ0v) is 19.8. The van der Waals surface area contributed by atoms with Crippen molar-refractivity contribution in [1.29, 1.82) is 5.26 Å². The van der Waals surface area contributed by atoms with E-state index < -0.39 is 6.04 Å². The molecule has 0 spiro atoms. The van der Waals surface area contributed by atoms with E-state index in [1.165, 1.54) is 0 Å². The summed E-state index contributed by atoms with van der Waals surface area (Å²) in [5.74, 6) is 0.614. The predicted molar refractivity (Wildman–Crippen MR) is 130 cm³/mol. The number of rotatable bonds is 6. The molecule has 1 atom stereocenters. The third-order valence-electron chi connectivity index (χ3n) is 6.25. The molecule has 2 aliphatic rings. The quantitative estimate of drug-likeness (QED) is 0.249. The van der Waals surface area contributed by atoms with Gasteiger partial charge in [0.15, 0.2) is 6.19 Å². The third-order valence-corrected chi connectivity index (χ3v) is 6.25. The molecule has 2 aromatic rings. The van der Waals surface area contributed by atoms with Crippen LogP contribution in [-0.4, -0.2) is 77.1 Å². The van der Waals surface area contributed by atoms with Crippen molar-refractivity contribution in [1.82, 2.24) is 25.3 Å². The van der Waals surface area contributed by atoms with Gasteiger partial charge in [0.2, 0.25) is 17.8 Å². The van der Waals surface area contributed by atoms with Gasteiger partial charge in [-0.2, -0.15) is 10.4 Å². The van der Waals surface area contributed by atoms with Gasteiger partial charge in [-0.3, -0.25) is 20.0 Å². The second-order valence-electron chi connectivity index (χ2n) is 8.58. The number of benzene rings is 1. The molecule has 11 heteroatoms. The molecule has 2 amide bonds. The second kappa shape index (κ2) is 11.4. The summed E-state index contributed by atoms with van der Waals surface area (Å²) in [7, 11) is 1.59. The fourth-order valence-corrected chi connectivity index (χ4v) is 4.43. The summed E-state index contributed by atoms with van der Waals surface area (Å²) in [6.45, 7) is 2.12. The Morgan fingerprint density at radius 2 is 2.06 bits per heavy atom. The first-order valence-electron chi connectivity index (χ1n) is 11.8. The number of aromatic amines is 1. The van der Waals surface area contributed by atoms with Crippen molar-refractivity contribution >= 4 is 23.5 Å². The number of carbonyl (C=O) groups is 2. The number of amides is 2. The molecular weight excluding hydrogens is 448 g/mol. The van der Waals surface area contributed by atoms with Gasteiger partial charge < -0.3 is 19.9 Å². The maximum absolute atomic E-state index is 13.3. The lowest BCUT2D eigenvalue weighted by Crippen LogP contribution is -2.45. The summed E-state index contributed by atoms with van der Waals surface area (Å²) < 4.78 is 5.45. The molecule has 184 valence electrons. The number of nitrogens with one attached hydrogen (secondary N) is 3. The number of guanidine groups is 1. The Hall–Kier alpha value is -4.07. The van der Waals surface area contributed by atoms with Crippen LogP contribution in [0.2, 0.25) is 0 Å². The van der Waals surface area contributed by atoms with E-state index in [0.29, 0.717) is 24.4 Å².